The number of hydrogen-bond acceptors (Lipinski definition) is 1. The van der Waals surface area contributed by atoms with Crippen molar-refractivity contribution in [2.75, 3.05) is 0 Å². The van der Waals surface area contributed by atoms with E-state index in [-0.39, 0.29) is 0 Å². The second-order valence-corrected chi connectivity index (χ2v) is 6.52. The molecule has 0 heterocycles. The normalized spacial score (nSPS) is 11.2. The van der Waals surface area contributed by atoms with Gasteiger partial charge in [-0.1, -0.05) is 43.6 Å². The van der Waals surface area contributed by atoms with Crippen LogP contribution in [0.4, 0.5) is 0 Å². The zero-order valence-electron chi connectivity index (χ0n) is 13.5. The molecule has 112 valence electrons. The van der Waals surface area contributed by atoms with Crippen molar-refractivity contribution in [3.05, 3.63) is 57.6 Å². The van der Waals surface area contributed by atoms with Gasteiger partial charge in [-0.05, 0) is 66.3 Å². The number of aryl methyl sites for hydroxylation is 3. The second kappa shape index (κ2) is 6.64. The molecule has 0 radical (unpaired) electrons. The zero-order valence-corrected chi connectivity index (χ0v) is 14.3. The van der Waals surface area contributed by atoms with Crippen LogP contribution in [-0.2, 0) is 6.54 Å². The number of nitrogens with one attached hydrogen (secondary N) is 1. The standard InChI is InChI=1S/C19H24ClN/c1-12(2)21-11-16-6-7-17(20)10-19(16)18-9-14(4)13(3)8-15(18)5/h6-10,12,21H,11H2,1-5H3. The van der Waals surface area contributed by atoms with Gasteiger partial charge in [0.05, 0.1) is 0 Å². The van der Waals surface area contributed by atoms with Crippen molar-refractivity contribution in [3.8, 4) is 11.1 Å². The fourth-order valence-electron chi connectivity index (χ4n) is 2.52. The largest absolute Gasteiger partial charge is 0.310 e. The van der Waals surface area contributed by atoms with Gasteiger partial charge in [-0.2, -0.15) is 0 Å². The van der Waals surface area contributed by atoms with E-state index in [0.29, 0.717) is 6.04 Å². The van der Waals surface area contributed by atoms with Crippen molar-refractivity contribution < 1.29 is 0 Å². The van der Waals surface area contributed by atoms with E-state index in [9.17, 15) is 0 Å². The van der Waals surface area contributed by atoms with Gasteiger partial charge in [0, 0.05) is 17.6 Å². The maximum absolute atomic E-state index is 6.23. The van der Waals surface area contributed by atoms with Gasteiger partial charge in [-0.25, -0.2) is 0 Å². The maximum atomic E-state index is 6.23. The van der Waals surface area contributed by atoms with Crippen LogP contribution in [-0.4, -0.2) is 6.04 Å². The minimum Gasteiger partial charge on any atom is -0.310 e. The highest BCUT2D eigenvalue weighted by molar-refractivity contribution is 6.30. The van der Waals surface area contributed by atoms with Crippen molar-refractivity contribution in [1.29, 1.82) is 0 Å². The van der Waals surface area contributed by atoms with Crippen LogP contribution >= 0.6 is 11.6 Å². The Hall–Kier alpha value is -1.31. The molecule has 0 atom stereocenters. The molecule has 21 heavy (non-hydrogen) atoms. The number of rotatable bonds is 4. The quantitative estimate of drug-likeness (QED) is 0.794. The van der Waals surface area contributed by atoms with E-state index in [4.69, 9.17) is 11.6 Å². The van der Waals surface area contributed by atoms with Gasteiger partial charge < -0.3 is 5.32 Å². The smallest absolute Gasteiger partial charge is 0.0412 e. The molecule has 0 bridgehead atoms. The third-order valence-corrected chi connectivity index (χ3v) is 4.14. The average molecular weight is 302 g/mol. The molecule has 2 rings (SSSR count). The van der Waals surface area contributed by atoms with Crippen molar-refractivity contribution in [2.45, 2.75) is 47.2 Å². The minimum absolute atomic E-state index is 0.467. The molecule has 2 heteroatoms. The summed E-state index contributed by atoms with van der Waals surface area (Å²) < 4.78 is 0. The van der Waals surface area contributed by atoms with Crippen LogP contribution in [0.3, 0.4) is 0 Å². The van der Waals surface area contributed by atoms with E-state index >= 15 is 0 Å². The number of halogens is 1. The third-order valence-electron chi connectivity index (χ3n) is 3.90. The van der Waals surface area contributed by atoms with Crippen molar-refractivity contribution in [2.24, 2.45) is 0 Å². The molecule has 1 N–H and O–H groups in total. The lowest BCUT2D eigenvalue weighted by atomic mass is 9.92. The molecule has 0 aliphatic carbocycles. The fourth-order valence-corrected chi connectivity index (χ4v) is 2.69. The monoisotopic (exact) mass is 301 g/mol. The molecule has 2 aromatic carbocycles. The van der Waals surface area contributed by atoms with Crippen LogP contribution in [0, 0.1) is 20.8 Å². The van der Waals surface area contributed by atoms with Gasteiger partial charge in [0.2, 0.25) is 0 Å². The van der Waals surface area contributed by atoms with E-state index in [0.717, 1.165) is 11.6 Å². The second-order valence-electron chi connectivity index (χ2n) is 6.09. The summed E-state index contributed by atoms with van der Waals surface area (Å²) in [5.74, 6) is 0. The van der Waals surface area contributed by atoms with Gasteiger partial charge in [-0.15, -0.1) is 0 Å². The predicted octanol–water partition coefficient (Wildman–Crippen LogP) is 5.43. The van der Waals surface area contributed by atoms with Crippen LogP contribution in [0.5, 0.6) is 0 Å². The minimum atomic E-state index is 0.467. The molecular weight excluding hydrogens is 278 g/mol. The average Bonchev–Trinajstić information content (AvgIpc) is 2.41. The Kier molecular flexibility index (Phi) is 5.08. The van der Waals surface area contributed by atoms with Crippen LogP contribution in [0.25, 0.3) is 11.1 Å². The van der Waals surface area contributed by atoms with Gasteiger partial charge in [-0.3, -0.25) is 0 Å². The van der Waals surface area contributed by atoms with Crippen LogP contribution in [0.1, 0.15) is 36.1 Å². The Bertz CT molecular complexity index is 644. The summed E-state index contributed by atoms with van der Waals surface area (Å²) in [7, 11) is 0. The summed E-state index contributed by atoms with van der Waals surface area (Å²) >= 11 is 6.23. The highest BCUT2D eigenvalue weighted by atomic mass is 35.5. The predicted molar refractivity (Wildman–Crippen MR) is 93.1 cm³/mol. The Balaban J connectivity index is 2.51. The first-order valence-corrected chi connectivity index (χ1v) is 7.86. The Labute approximate surface area is 133 Å². The molecule has 0 spiro atoms. The van der Waals surface area contributed by atoms with E-state index in [1.165, 1.54) is 33.4 Å². The number of hydrogen-bond donors (Lipinski definition) is 1. The fraction of sp³-hybridized carbons (Fsp3) is 0.368. The van der Waals surface area contributed by atoms with Crippen molar-refractivity contribution >= 4 is 11.6 Å². The van der Waals surface area contributed by atoms with Gasteiger partial charge >= 0.3 is 0 Å². The number of benzene rings is 2. The molecule has 0 aromatic heterocycles. The van der Waals surface area contributed by atoms with E-state index in [1.807, 2.05) is 6.07 Å². The lowest BCUT2D eigenvalue weighted by Gasteiger charge is -2.16. The van der Waals surface area contributed by atoms with Crippen LogP contribution in [0.2, 0.25) is 5.02 Å². The van der Waals surface area contributed by atoms with Gasteiger partial charge in [0.1, 0.15) is 0 Å². The van der Waals surface area contributed by atoms with Crippen LogP contribution in [0.15, 0.2) is 30.3 Å². The molecule has 0 unspecified atom stereocenters. The van der Waals surface area contributed by atoms with Crippen molar-refractivity contribution in [3.63, 3.8) is 0 Å². The Morgan fingerprint density at radius 1 is 0.905 bits per heavy atom. The first kappa shape index (κ1) is 16.1. The zero-order chi connectivity index (χ0) is 15.6. The maximum Gasteiger partial charge on any atom is 0.0412 e. The van der Waals surface area contributed by atoms with E-state index in [1.54, 1.807) is 0 Å². The molecule has 0 amide bonds. The summed E-state index contributed by atoms with van der Waals surface area (Å²) in [6.07, 6.45) is 0. The first-order chi connectivity index (χ1) is 9.88. The SMILES string of the molecule is Cc1cc(C)c(-c2cc(Cl)ccc2CNC(C)C)cc1C. The molecule has 0 saturated carbocycles. The molecule has 0 fully saturated rings. The molecule has 0 saturated heterocycles. The molecule has 0 aliphatic heterocycles. The summed E-state index contributed by atoms with van der Waals surface area (Å²) in [6, 6.07) is 11.2. The van der Waals surface area contributed by atoms with Crippen molar-refractivity contribution in [1.82, 2.24) is 5.32 Å². The summed E-state index contributed by atoms with van der Waals surface area (Å²) in [5.41, 5.74) is 7.75. The topological polar surface area (TPSA) is 12.0 Å². The lowest BCUT2D eigenvalue weighted by Crippen LogP contribution is -2.22. The summed E-state index contributed by atoms with van der Waals surface area (Å²) in [5, 5.41) is 4.28. The highest BCUT2D eigenvalue weighted by Crippen LogP contribution is 2.31. The first-order valence-electron chi connectivity index (χ1n) is 7.48. The van der Waals surface area contributed by atoms with E-state index in [2.05, 4.69) is 64.2 Å². The molecular formula is C19H24ClN. The lowest BCUT2D eigenvalue weighted by molar-refractivity contribution is 0.589. The van der Waals surface area contributed by atoms with Gasteiger partial charge in [0.25, 0.3) is 0 Å². The van der Waals surface area contributed by atoms with Crippen LogP contribution < -0.4 is 5.32 Å². The summed E-state index contributed by atoms with van der Waals surface area (Å²) in [4.78, 5) is 0. The molecule has 0 aliphatic rings. The van der Waals surface area contributed by atoms with Gasteiger partial charge in [0.15, 0.2) is 0 Å². The highest BCUT2D eigenvalue weighted by Gasteiger charge is 2.10. The summed E-state index contributed by atoms with van der Waals surface area (Å²) in [6.45, 7) is 11.7. The Morgan fingerprint density at radius 3 is 2.24 bits per heavy atom. The van der Waals surface area contributed by atoms with E-state index < -0.39 is 0 Å². The molecule has 2 aromatic rings. The molecule has 1 nitrogen and oxygen atoms in total. The Morgan fingerprint density at radius 2 is 1.57 bits per heavy atom. The third kappa shape index (κ3) is 3.87.